The van der Waals surface area contributed by atoms with Crippen LogP contribution in [-0.4, -0.2) is 32.7 Å². The number of hydrogen-bond donors (Lipinski definition) is 1. The molecule has 23 heavy (non-hydrogen) atoms. The number of ether oxygens (including phenoxy) is 1. The topological polar surface area (TPSA) is 81.9 Å². The van der Waals surface area contributed by atoms with Crippen molar-refractivity contribution in [1.29, 1.82) is 0 Å². The highest BCUT2D eigenvalue weighted by Crippen LogP contribution is 2.18. The minimum absolute atomic E-state index is 0.236. The highest BCUT2D eigenvalue weighted by Gasteiger charge is 2.13. The van der Waals surface area contributed by atoms with Crippen molar-refractivity contribution in [3.05, 3.63) is 60.4 Å². The van der Waals surface area contributed by atoms with Gasteiger partial charge in [-0.3, -0.25) is 4.79 Å². The predicted molar refractivity (Wildman–Crippen MR) is 84.7 cm³/mol. The average Bonchev–Trinajstić information content (AvgIpc) is 3.11. The molecule has 3 rings (SSSR count). The Morgan fingerprint density at radius 1 is 1.17 bits per heavy atom. The van der Waals surface area contributed by atoms with E-state index in [1.165, 1.54) is 11.0 Å². The number of nitrogens with zero attached hydrogens (tertiary/aromatic N) is 4. The van der Waals surface area contributed by atoms with Gasteiger partial charge < -0.3 is 10.1 Å². The largest absolute Gasteiger partial charge is 0.494 e. The van der Waals surface area contributed by atoms with Crippen molar-refractivity contribution in [2.45, 2.75) is 6.92 Å². The highest BCUT2D eigenvalue weighted by molar-refractivity contribution is 6.06. The summed E-state index contributed by atoms with van der Waals surface area (Å²) in [7, 11) is 0. The van der Waals surface area contributed by atoms with Crippen LogP contribution < -0.4 is 10.1 Å². The molecule has 1 aromatic heterocycles. The molecule has 0 aliphatic heterocycles. The van der Waals surface area contributed by atoms with Gasteiger partial charge in [0, 0.05) is 5.69 Å². The third-order valence-corrected chi connectivity index (χ3v) is 3.17. The third-order valence-electron chi connectivity index (χ3n) is 3.17. The van der Waals surface area contributed by atoms with Crippen LogP contribution in [0.5, 0.6) is 5.75 Å². The van der Waals surface area contributed by atoms with E-state index in [4.69, 9.17) is 4.74 Å². The maximum Gasteiger partial charge on any atom is 0.257 e. The second-order valence-electron chi connectivity index (χ2n) is 4.68. The van der Waals surface area contributed by atoms with Gasteiger partial charge >= 0.3 is 0 Å². The lowest BCUT2D eigenvalue weighted by atomic mass is 10.1. The number of benzene rings is 2. The standard InChI is InChI=1S/C16H15N5O2/c1-2-23-13-9-7-12(8-10-13)18-16(22)14-5-3-4-6-15(14)21-11-17-19-20-21/h3-11H,2H2,1H3,(H,18,22). The number of anilines is 1. The van der Waals surface area contributed by atoms with E-state index in [1.807, 2.05) is 25.1 Å². The summed E-state index contributed by atoms with van der Waals surface area (Å²) >= 11 is 0. The van der Waals surface area contributed by atoms with Crippen molar-refractivity contribution >= 4 is 11.6 Å². The number of tetrazole rings is 1. The summed E-state index contributed by atoms with van der Waals surface area (Å²) in [6, 6.07) is 14.3. The summed E-state index contributed by atoms with van der Waals surface area (Å²) in [5.41, 5.74) is 1.78. The molecule has 0 unspecified atom stereocenters. The number of carbonyl (C=O) groups excluding carboxylic acids is 1. The Bertz CT molecular complexity index is 784. The summed E-state index contributed by atoms with van der Waals surface area (Å²) in [5.74, 6) is 0.528. The number of para-hydroxylation sites is 1. The molecule has 0 fully saturated rings. The van der Waals surface area contributed by atoms with Crippen LogP contribution in [0.2, 0.25) is 0 Å². The number of hydrogen-bond acceptors (Lipinski definition) is 5. The van der Waals surface area contributed by atoms with Gasteiger partial charge in [-0.1, -0.05) is 12.1 Å². The van der Waals surface area contributed by atoms with Crippen molar-refractivity contribution in [1.82, 2.24) is 20.2 Å². The second-order valence-corrected chi connectivity index (χ2v) is 4.68. The monoisotopic (exact) mass is 309 g/mol. The van der Waals surface area contributed by atoms with Gasteiger partial charge in [-0.25, -0.2) is 0 Å². The average molecular weight is 309 g/mol. The Morgan fingerprint density at radius 2 is 1.96 bits per heavy atom. The molecule has 7 nitrogen and oxygen atoms in total. The van der Waals surface area contributed by atoms with Gasteiger partial charge in [-0.05, 0) is 53.7 Å². The van der Waals surface area contributed by atoms with E-state index in [0.717, 1.165) is 5.75 Å². The molecule has 0 spiro atoms. The summed E-state index contributed by atoms with van der Waals surface area (Å²) in [5, 5.41) is 13.9. The molecule has 7 heteroatoms. The number of carbonyl (C=O) groups is 1. The predicted octanol–water partition coefficient (Wildman–Crippen LogP) is 2.31. The van der Waals surface area contributed by atoms with Gasteiger partial charge in [-0.2, -0.15) is 4.68 Å². The molecule has 1 amide bonds. The van der Waals surface area contributed by atoms with Crippen molar-refractivity contribution in [3.8, 4) is 11.4 Å². The van der Waals surface area contributed by atoms with Gasteiger partial charge in [0.25, 0.3) is 5.91 Å². The summed E-state index contributed by atoms with van der Waals surface area (Å²) < 4.78 is 6.83. The van der Waals surface area contributed by atoms with Crippen molar-refractivity contribution in [2.75, 3.05) is 11.9 Å². The van der Waals surface area contributed by atoms with Crippen LogP contribution in [0.4, 0.5) is 5.69 Å². The van der Waals surface area contributed by atoms with E-state index in [-0.39, 0.29) is 5.91 Å². The second kappa shape index (κ2) is 6.69. The Labute approximate surface area is 132 Å². The molecule has 116 valence electrons. The number of amides is 1. The molecule has 0 aliphatic rings. The van der Waals surface area contributed by atoms with E-state index >= 15 is 0 Å². The first kappa shape index (κ1) is 14.7. The van der Waals surface area contributed by atoms with Crippen LogP contribution >= 0.6 is 0 Å². The summed E-state index contributed by atoms with van der Waals surface area (Å²) in [6.45, 7) is 2.52. The van der Waals surface area contributed by atoms with Crippen molar-refractivity contribution in [2.24, 2.45) is 0 Å². The van der Waals surface area contributed by atoms with Gasteiger partial charge in [-0.15, -0.1) is 5.10 Å². The maximum atomic E-state index is 12.5. The number of aromatic nitrogens is 4. The van der Waals surface area contributed by atoms with Crippen molar-refractivity contribution < 1.29 is 9.53 Å². The minimum atomic E-state index is -0.236. The van der Waals surface area contributed by atoms with Gasteiger partial charge in [0.15, 0.2) is 0 Å². The summed E-state index contributed by atoms with van der Waals surface area (Å²) in [4.78, 5) is 12.5. The minimum Gasteiger partial charge on any atom is -0.494 e. The first-order valence-electron chi connectivity index (χ1n) is 7.14. The molecule has 0 saturated carbocycles. The molecule has 0 aliphatic carbocycles. The normalized spacial score (nSPS) is 10.3. The maximum absolute atomic E-state index is 12.5. The molecular formula is C16H15N5O2. The molecular weight excluding hydrogens is 294 g/mol. The van der Waals surface area contributed by atoms with Gasteiger partial charge in [0.1, 0.15) is 12.1 Å². The van der Waals surface area contributed by atoms with Crippen LogP contribution in [0.25, 0.3) is 5.69 Å². The number of nitrogens with one attached hydrogen (secondary N) is 1. The fraction of sp³-hybridized carbons (Fsp3) is 0.125. The van der Waals surface area contributed by atoms with Crippen molar-refractivity contribution in [3.63, 3.8) is 0 Å². The van der Waals surface area contributed by atoms with Crippen LogP contribution in [0, 0.1) is 0 Å². The first-order valence-corrected chi connectivity index (χ1v) is 7.14. The molecule has 3 aromatic rings. The van der Waals surface area contributed by atoms with Gasteiger partial charge in [0.05, 0.1) is 17.9 Å². The van der Waals surface area contributed by atoms with Crippen LogP contribution in [0.1, 0.15) is 17.3 Å². The Balaban J connectivity index is 1.81. The van der Waals surface area contributed by atoms with E-state index in [9.17, 15) is 4.79 Å². The Kier molecular flexibility index (Phi) is 4.28. The molecule has 0 bridgehead atoms. The highest BCUT2D eigenvalue weighted by atomic mass is 16.5. The zero-order valence-electron chi connectivity index (χ0n) is 12.5. The summed E-state index contributed by atoms with van der Waals surface area (Å²) in [6.07, 6.45) is 1.45. The quantitative estimate of drug-likeness (QED) is 0.782. The van der Waals surface area contributed by atoms with E-state index in [0.29, 0.717) is 23.5 Å². The molecule has 0 radical (unpaired) electrons. The first-order chi connectivity index (χ1) is 11.3. The van der Waals surface area contributed by atoms with E-state index in [1.54, 1.807) is 30.3 Å². The lowest BCUT2D eigenvalue weighted by Gasteiger charge is -2.10. The van der Waals surface area contributed by atoms with Crippen LogP contribution in [-0.2, 0) is 0 Å². The third kappa shape index (κ3) is 3.34. The number of rotatable bonds is 5. The lowest BCUT2D eigenvalue weighted by Crippen LogP contribution is -2.15. The van der Waals surface area contributed by atoms with Gasteiger partial charge in [0.2, 0.25) is 0 Å². The zero-order valence-corrected chi connectivity index (χ0v) is 12.5. The van der Waals surface area contributed by atoms with Crippen LogP contribution in [0.15, 0.2) is 54.9 Å². The fourth-order valence-corrected chi connectivity index (χ4v) is 2.14. The fourth-order valence-electron chi connectivity index (χ4n) is 2.14. The Hall–Kier alpha value is -3.22. The van der Waals surface area contributed by atoms with E-state index in [2.05, 4.69) is 20.8 Å². The lowest BCUT2D eigenvalue weighted by molar-refractivity contribution is 0.102. The molecule has 1 heterocycles. The van der Waals surface area contributed by atoms with E-state index < -0.39 is 0 Å². The molecule has 0 atom stereocenters. The molecule has 1 N–H and O–H groups in total. The molecule has 2 aromatic carbocycles. The zero-order chi connectivity index (χ0) is 16.1. The SMILES string of the molecule is CCOc1ccc(NC(=O)c2ccccc2-n2cnnn2)cc1. The smallest absolute Gasteiger partial charge is 0.257 e. The molecule has 0 saturated heterocycles. The van der Waals surface area contributed by atoms with Crippen LogP contribution in [0.3, 0.4) is 0 Å². The Morgan fingerprint density at radius 3 is 2.65 bits per heavy atom.